The largest absolute Gasteiger partial charge is 0.433 e. The molecule has 2 unspecified atom stereocenters. The molecule has 0 radical (unpaired) electrons. The molecule has 0 bridgehead atoms. The maximum Gasteiger partial charge on any atom is 0.433 e. The van der Waals surface area contributed by atoms with Crippen molar-refractivity contribution < 1.29 is 31.1 Å². The molecule has 3 heterocycles. The van der Waals surface area contributed by atoms with Gasteiger partial charge in [-0.05, 0) is 47.0 Å². The van der Waals surface area contributed by atoms with E-state index in [2.05, 4.69) is 26.0 Å². The van der Waals surface area contributed by atoms with E-state index in [1.54, 1.807) is 6.07 Å². The first-order valence-corrected chi connectivity index (χ1v) is 10.6. The molecule has 1 aliphatic heterocycles. The van der Waals surface area contributed by atoms with Crippen molar-refractivity contribution in [2.45, 2.75) is 42.1 Å². The third-order valence-electron chi connectivity index (χ3n) is 4.34. The van der Waals surface area contributed by atoms with Crippen LogP contribution in [0.15, 0.2) is 33.9 Å². The molecule has 1 aliphatic rings. The van der Waals surface area contributed by atoms with Crippen molar-refractivity contribution in [1.29, 1.82) is 0 Å². The van der Waals surface area contributed by atoms with Gasteiger partial charge in [0.05, 0.1) is 10.9 Å². The lowest BCUT2D eigenvalue weighted by Gasteiger charge is -2.29. The van der Waals surface area contributed by atoms with E-state index in [9.17, 15) is 21.6 Å². The van der Waals surface area contributed by atoms with E-state index in [0.29, 0.717) is 10.3 Å². The molecule has 0 spiro atoms. The molecule has 0 saturated carbocycles. The summed E-state index contributed by atoms with van der Waals surface area (Å²) in [7, 11) is -2.57. The topological polar surface area (TPSA) is 83.3 Å². The molecule has 28 heavy (non-hydrogen) atoms. The average molecular weight is 484 g/mol. The Labute approximate surface area is 167 Å². The Morgan fingerprint density at radius 2 is 2.14 bits per heavy atom. The maximum absolute atomic E-state index is 12.9. The van der Waals surface area contributed by atoms with Gasteiger partial charge < -0.3 is 9.47 Å². The number of ether oxygens (including phenoxy) is 2. The first-order valence-electron chi connectivity index (χ1n) is 8.25. The maximum atomic E-state index is 12.9. The second kappa shape index (κ2) is 8.09. The van der Waals surface area contributed by atoms with Crippen molar-refractivity contribution in [3.8, 4) is 0 Å². The van der Waals surface area contributed by atoms with Crippen LogP contribution in [0, 0.1) is 0 Å². The molecule has 2 aromatic heterocycles. The first kappa shape index (κ1) is 21.2. The predicted octanol–water partition coefficient (Wildman–Crippen LogP) is 3.36. The highest BCUT2D eigenvalue weighted by Crippen LogP contribution is 2.35. The third kappa shape index (κ3) is 4.39. The molecule has 0 aliphatic carbocycles. The number of halogens is 4. The fourth-order valence-electron chi connectivity index (χ4n) is 3.04. The Hall–Kier alpha value is -1.50. The summed E-state index contributed by atoms with van der Waals surface area (Å²) >= 11 is 3.26. The Bertz CT molecular complexity index is 949. The van der Waals surface area contributed by atoms with Gasteiger partial charge in [-0.2, -0.15) is 18.3 Å². The van der Waals surface area contributed by atoms with Gasteiger partial charge in [0, 0.05) is 13.7 Å². The molecule has 154 valence electrons. The normalized spacial score (nSPS) is 21.0. The lowest BCUT2D eigenvalue weighted by atomic mass is 10.1. The standard InChI is InChI=1S/C16H17BrF3N3O4S/c1-26-9-23-11(8-14(17)22-23)12-7-10(5-6-27-12)28(24,25)15-4-2-3-13(21-15)16(18,19)20/h2-4,8,10,12H,5-7,9H2,1H3. The molecule has 1 fully saturated rings. The molecular weight excluding hydrogens is 467 g/mol. The number of hydrogen-bond acceptors (Lipinski definition) is 6. The molecule has 2 atom stereocenters. The molecule has 0 aromatic carbocycles. The highest BCUT2D eigenvalue weighted by Gasteiger charge is 2.38. The zero-order chi connectivity index (χ0) is 20.5. The number of methoxy groups -OCH3 is 1. The molecule has 0 N–H and O–H groups in total. The minimum Gasteiger partial charge on any atom is -0.372 e. The van der Waals surface area contributed by atoms with Crippen molar-refractivity contribution in [3.63, 3.8) is 0 Å². The van der Waals surface area contributed by atoms with Crippen molar-refractivity contribution in [2.24, 2.45) is 0 Å². The number of pyridine rings is 1. The first-order chi connectivity index (χ1) is 13.1. The van der Waals surface area contributed by atoms with E-state index < -0.39 is 38.1 Å². The minimum absolute atomic E-state index is 0.0715. The van der Waals surface area contributed by atoms with E-state index in [-0.39, 0.29) is 26.2 Å². The van der Waals surface area contributed by atoms with Crippen LogP contribution in [0.25, 0.3) is 0 Å². The van der Waals surface area contributed by atoms with Gasteiger partial charge in [-0.25, -0.2) is 18.1 Å². The number of sulfone groups is 1. The van der Waals surface area contributed by atoms with Crippen LogP contribution in [0.2, 0.25) is 0 Å². The summed E-state index contributed by atoms with van der Waals surface area (Å²) < 4.78 is 77.4. The summed E-state index contributed by atoms with van der Waals surface area (Å²) in [5, 5.41) is 2.69. The summed E-state index contributed by atoms with van der Waals surface area (Å²) in [6.07, 6.45) is -5.07. The second-order valence-corrected chi connectivity index (χ2v) is 9.21. The Morgan fingerprint density at radius 3 is 2.82 bits per heavy atom. The fraction of sp³-hybridized carbons (Fsp3) is 0.500. The van der Waals surface area contributed by atoms with Gasteiger partial charge in [0.15, 0.2) is 14.9 Å². The molecule has 7 nitrogen and oxygen atoms in total. The molecule has 3 rings (SSSR count). The zero-order valence-corrected chi connectivity index (χ0v) is 17.1. The molecular formula is C16H17BrF3N3O4S. The van der Waals surface area contributed by atoms with Crippen LogP contribution in [0.5, 0.6) is 0 Å². The second-order valence-electron chi connectivity index (χ2n) is 6.22. The molecule has 1 saturated heterocycles. The van der Waals surface area contributed by atoms with Gasteiger partial charge in [-0.15, -0.1) is 0 Å². The highest BCUT2D eigenvalue weighted by atomic mass is 79.9. The fourth-order valence-corrected chi connectivity index (χ4v) is 5.14. The highest BCUT2D eigenvalue weighted by molar-refractivity contribution is 9.10. The predicted molar refractivity (Wildman–Crippen MR) is 95.1 cm³/mol. The van der Waals surface area contributed by atoms with Crippen LogP contribution in [-0.2, 0) is 32.2 Å². The van der Waals surface area contributed by atoms with Crippen LogP contribution in [0.3, 0.4) is 0 Å². The lowest BCUT2D eigenvalue weighted by Crippen LogP contribution is -2.32. The summed E-state index contributed by atoms with van der Waals surface area (Å²) in [6.45, 7) is 0.288. The monoisotopic (exact) mass is 483 g/mol. The zero-order valence-electron chi connectivity index (χ0n) is 14.7. The van der Waals surface area contributed by atoms with Crippen LogP contribution < -0.4 is 0 Å². The SMILES string of the molecule is COCn1nc(Br)cc1C1CC(S(=O)(=O)c2cccc(C(F)(F)F)n2)CCO1. The van der Waals surface area contributed by atoms with E-state index >= 15 is 0 Å². The van der Waals surface area contributed by atoms with Gasteiger partial charge in [-0.3, -0.25) is 0 Å². The van der Waals surface area contributed by atoms with Crippen LogP contribution in [-0.4, -0.2) is 42.1 Å². The smallest absolute Gasteiger partial charge is 0.372 e. The summed E-state index contributed by atoms with van der Waals surface area (Å²) in [6, 6.07) is 4.57. The van der Waals surface area contributed by atoms with Crippen LogP contribution in [0.1, 0.15) is 30.3 Å². The van der Waals surface area contributed by atoms with Crippen molar-refractivity contribution in [3.05, 3.63) is 40.3 Å². The number of aromatic nitrogens is 3. The van der Waals surface area contributed by atoms with Gasteiger partial charge in [0.2, 0.25) is 0 Å². The Morgan fingerprint density at radius 1 is 1.39 bits per heavy atom. The number of hydrogen-bond donors (Lipinski definition) is 0. The number of nitrogens with zero attached hydrogens (tertiary/aromatic N) is 3. The van der Waals surface area contributed by atoms with E-state index in [1.807, 2.05) is 0 Å². The van der Waals surface area contributed by atoms with Crippen molar-refractivity contribution >= 4 is 25.8 Å². The number of alkyl halides is 3. The quantitative estimate of drug-likeness (QED) is 0.648. The molecule has 12 heteroatoms. The van der Waals surface area contributed by atoms with Crippen molar-refractivity contribution in [1.82, 2.24) is 14.8 Å². The lowest BCUT2D eigenvalue weighted by molar-refractivity contribution is -0.141. The van der Waals surface area contributed by atoms with E-state index in [1.165, 1.54) is 11.8 Å². The van der Waals surface area contributed by atoms with Gasteiger partial charge in [-0.1, -0.05) is 6.07 Å². The summed E-state index contributed by atoms with van der Waals surface area (Å²) in [5.41, 5.74) is -0.620. The number of rotatable bonds is 5. The van der Waals surface area contributed by atoms with E-state index in [0.717, 1.165) is 18.2 Å². The molecule has 2 aromatic rings. The average Bonchev–Trinajstić information content (AvgIpc) is 3.02. The van der Waals surface area contributed by atoms with E-state index in [4.69, 9.17) is 9.47 Å². The van der Waals surface area contributed by atoms with Gasteiger partial charge >= 0.3 is 6.18 Å². The van der Waals surface area contributed by atoms with Crippen LogP contribution >= 0.6 is 15.9 Å². The third-order valence-corrected chi connectivity index (χ3v) is 6.85. The summed E-state index contributed by atoms with van der Waals surface area (Å²) in [5.74, 6) is 0. The summed E-state index contributed by atoms with van der Waals surface area (Å²) in [4.78, 5) is 3.34. The van der Waals surface area contributed by atoms with Crippen molar-refractivity contribution in [2.75, 3.05) is 13.7 Å². The Balaban J connectivity index is 1.88. The van der Waals surface area contributed by atoms with Gasteiger partial charge in [0.25, 0.3) is 0 Å². The molecule has 0 amide bonds. The Kier molecular flexibility index (Phi) is 6.13. The minimum atomic E-state index is -4.72. The van der Waals surface area contributed by atoms with Gasteiger partial charge in [0.1, 0.15) is 23.1 Å². The van der Waals surface area contributed by atoms with Crippen LogP contribution in [0.4, 0.5) is 13.2 Å².